The fourth-order valence-corrected chi connectivity index (χ4v) is 1.91. The molecule has 0 spiro atoms. The van der Waals surface area contributed by atoms with Crippen molar-refractivity contribution in [3.63, 3.8) is 0 Å². The molecule has 0 saturated carbocycles. The number of hydrogen-bond acceptors (Lipinski definition) is 3. The normalized spacial score (nSPS) is 12.4. The minimum Gasteiger partial charge on any atom is -0.467 e. The zero-order valence-electron chi connectivity index (χ0n) is 11.2. The lowest BCUT2D eigenvalue weighted by atomic mass is 10.1. The highest BCUT2D eigenvalue weighted by atomic mass is 16.3. The number of nitrogens with one attached hydrogen (secondary N) is 1. The number of rotatable bonds is 5. The van der Waals surface area contributed by atoms with Crippen molar-refractivity contribution in [1.82, 2.24) is 5.32 Å². The van der Waals surface area contributed by atoms with E-state index in [1.54, 1.807) is 6.26 Å². The Kier molecular flexibility index (Phi) is 4.05. The standard InChI is InChI=1S/C15H20N2O/c1-12(16-2)13-6-8-14(9-7-13)17(3)11-15-5-4-10-18-15/h4-10,12,16H,11H2,1-3H3. The first-order chi connectivity index (χ1) is 8.70. The minimum atomic E-state index is 0.384. The molecule has 3 heteroatoms. The Bertz CT molecular complexity index is 462. The summed E-state index contributed by atoms with van der Waals surface area (Å²) in [4.78, 5) is 2.17. The van der Waals surface area contributed by atoms with Gasteiger partial charge in [0.25, 0.3) is 0 Å². The van der Waals surface area contributed by atoms with Gasteiger partial charge in [0.1, 0.15) is 5.76 Å². The van der Waals surface area contributed by atoms with Crippen molar-refractivity contribution in [3.05, 3.63) is 54.0 Å². The van der Waals surface area contributed by atoms with Crippen LogP contribution in [0.2, 0.25) is 0 Å². The van der Waals surface area contributed by atoms with Gasteiger partial charge in [-0.15, -0.1) is 0 Å². The largest absolute Gasteiger partial charge is 0.467 e. The fourth-order valence-electron chi connectivity index (χ4n) is 1.91. The maximum atomic E-state index is 5.35. The first kappa shape index (κ1) is 12.7. The smallest absolute Gasteiger partial charge is 0.123 e. The lowest BCUT2D eigenvalue weighted by Gasteiger charge is -2.19. The third kappa shape index (κ3) is 2.93. The van der Waals surface area contributed by atoms with E-state index >= 15 is 0 Å². The molecule has 1 unspecified atom stereocenters. The third-order valence-corrected chi connectivity index (χ3v) is 3.24. The monoisotopic (exact) mass is 244 g/mol. The molecule has 1 aromatic carbocycles. The molecule has 2 aromatic rings. The van der Waals surface area contributed by atoms with E-state index in [0.717, 1.165) is 12.3 Å². The molecule has 0 fully saturated rings. The summed E-state index contributed by atoms with van der Waals surface area (Å²) in [6.07, 6.45) is 1.71. The molecule has 1 atom stereocenters. The maximum absolute atomic E-state index is 5.35. The van der Waals surface area contributed by atoms with E-state index in [9.17, 15) is 0 Å². The Morgan fingerprint density at radius 1 is 1.22 bits per heavy atom. The van der Waals surface area contributed by atoms with Gasteiger partial charge in [-0.05, 0) is 43.8 Å². The molecule has 0 aliphatic carbocycles. The predicted molar refractivity (Wildman–Crippen MR) is 74.7 cm³/mol. The number of anilines is 1. The Morgan fingerprint density at radius 3 is 2.50 bits per heavy atom. The maximum Gasteiger partial charge on any atom is 0.123 e. The SMILES string of the molecule is CNC(C)c1ccc(N(C)Cc2ccco2)cc1. The van der Waals surface area contributed by atoms with Gasteiger partial charge in [0, 0.05) is 18.8 Å². The summed E-state index contributed by atoms with van der Waals surface area (Å²) in [5.74, 6) is 0.977. The van der Waals surface area contributed by atoms with Crippen LogP contribution in [0.1, 0.15) is 24.3 Å². The summed E-state index contributed by atoms with van der Waals surface area (Å²) in [5, 5.41) is 3.24. The highest BCUT2D eigenvalue weighted by molar-refractivity contribution is 5.47. The summed E-state index contributed by atoms with van der Waals surface area (Å²) >= 11 is 0. The van der Waals surface area contributed by atoms with Gasteiger partial charge in [-0.2, -0.15) is 0 Å². The predicted octanol–water partition coefficient (Wildman–Crippen LogP) is 3.20. The molecule has 0 aliphatic rings. The Balaban J connectivity index is 2.04. The van der Waals surface area contributed by atoms with Crippen LogP contribution in [0.15, 0.2) is 47.1 Å². The molecule has 2 rings (SSSR count). The summed E-state index contributed by atoms with van der Waals surface area (Å²) in [6.45, 7) is 2.94. The van der Waals surface area contributed by atoms with Gasteiger partial charge in [-0.1, -0.05) is 12.1 Å². The second-order valence-corrected chi connectivity index (χ2v) is 4.54. The highest BCUT2D eigenvalue weighted by Gasteiger charge is 2.06. The Hall–Kier alpha value is -1.74. The fraction of sp³-hybridized carbons (Fsp3) is 0.333. The molecule has 1 aromatic heterocycles. The molecule has 96 valence electrons. The van der Waals surface area contributed by atoms with Gasteiger partial charge in [0.15, 0.2) is 0 Å². The molecule has 3 nitrogen and oxygen atoms in total. The van der Waals surface area contributed by atoms with Crippen LogP contribution in [-0.4, -0.2) is 14.1 Å². The summed E-state index contributed by atoms with van der Waals surface area (Å²) < 4.78 is 5.35. The van der Waals surface area contributed by atoms with Gasteiger partial charge in [0.05, 0.1) is 12.8 Å². The average Bonchev–Trinajstić information content (AvgIpc) is 2.91. The Labute approximate surface area is 108 Å². The number of benzene rings is 1. The van der Waals surface area contributed by atoms with E-state index in [0.29, 0.717) is 6.04 Å². The number of furan rings is 1. The topological polar surface area (TPSA) is 28.4 Å². The summed E-state index contributed by atoms with van der Waals surface area (Å²) in [5.41, 5.74) is 2.49. The van der Waals surface area contributed by atoms with Crippen molar-refractivity contribution < 1.29 is 4.42 Å². The van der Waals surface area contributed by atoms with Gasteiger partial charge >= 0.3 is 0 Å². The van der Waals surface area contributed by atoms with Crippen molar-refractivity contribution in [2.75, 3.05) is 19.0 Å². The molecular weight excluding hydrogens is 224 g/mol. The lowest BCUT2D eigenvalue weighted by Crippen LogP contribution is -2.16. The van der Waals surface area contributed by atoms with Crippen LogP contribution < -0.4 is 10.2 Å². The number of hydrogen-bond donors (Lipinski definition) is 1. The first-order valence-corrected chi connectivity index (χ1v) is 6.21. The lowest BCUT2D eigenvalue weighted by molar-refractivity contribution is 0.507. The summed E-state index contributed by atoms with van der Waals surface area (Å²) in [7, 11) is 4.04. The molecule has 0 amide bonds. The minimum absolute atomic E-state index is 0.384. The van der Waals surface area contributed by atoms with Crippen LogP contribution >= 0.6 is 0 Å². The third-order valence-electron chi connectivity index (χ3n) is 3.24. The molecule has 1 N–H and O–H groups in total. The van der Waals surface area contributed by atoms with E-state index in [-0.39, 0.29) is 0 Å². The molecule has 0 bridgehead atoms. The molecule has 1 heterocycles. The van der Waals surface area contributed by atoms with E-state index in [1.165, 1.54) is 11.3 Å². The van der Waals surface area contributed by atoms with E-state index < -0.39 is 0 Å². The van der Waals surface area contributed by atoms with Crippen molar-refractivity contribution in [2.24, 2.45) is 0 Å². The van der Waals surface area contributed by atoms with E-state index in [2.05, 4.69) is 48.5 Å². The molecular formula is C15H20N2O. The van der Waals surface area contributed by atoms with Crippen LogP contribution in [0.5, 0.6) is 0 Å². The van der Waals surface area contributed by atoms with E-state index in [1.807, 2.05) is 19.2 Å². The van der Waals surface area contributed by atoms with Crippen LogP contribution in [0.4, 0.5) is 5.69 Å². The molecule has 0 saturated heterocycles. The van der Waals surface area contributed by atoms with Gasteiger partial charge in [0.2, 0.25) is 0 Å². The van der Waals surface area contributed by atoms with Crippen molar-refractivity contribution in [1.29, 1.82) is 0 Å². The summed E-state index contributed by atoms with van der Waals surface area (Å²) in [6, 6.07) is 12.9. The second kappa shape index (κ2) is 5.74. The second-order valence-electron chi connectivity index (χ2n) is 4.54. The Morgan fingerprint density at radius 2 is 1.94 bits per heavy atom. The van der Waals surface area contributed by atoms with Crippen molar-refractivity contribution in [3.8, 4) is 0 Å². The van der Waals surface area contributed by atoms with Crippen LogP contribution in [-0.2, 0) is 6.54 Å². The van der Waals surface area contributed by atoms with Crippen molar-refractivity contribution >= 4 is 5.69 Å². The zero-order valence-corrected chi connectivity index (χ0v) is 11.2. The average molecular weight is 244 g/mol. The zero-order chi connectivity index (χ0) is 13.0. The van der Waals surface area contributed by atoms with Gasteiger partial charge in [-0.25, -0.2) is 0 Å². The van der Waals surface area contributed by atoms with Crippen LogP contribution in [0.25, 0.3) is 0 Å². The first-order valence-electron chi connectivity index (χ1n) is 6.21. The van der Waals surface area contributed by atoms with Gasteiger partial charge < -0.3 is 14.6 Å². The number of nitrogens with zero attached hydrogens (tertiary/aromatic N) is 1. The van der Waals surface area contributed by atoms with Gasteiger partial charge in [-0.3, -0.25) is 0 Å². The van der Waals surface area contributed by atoms with E-state index in [4.69, 9.17) is 4.42 Å². The molecule has 0 radical (unpaired) electrons. The highest BCUT2D eigenvalue weighted by Crippen LogP contribution is 2.19. The molecule has 0 aliphatic heterocycles. The quantitative estimate of drug-likeness (QED) is 0.875. The van der Waals surface area contributed by atoms with Crippen molar-refractivity contribution in [2.45, 2.75) is 19.5 Å². The molecule has 18 heavy (non-hydrogen) atoms. The van der Waals surface area contributed by atoms with Crippen LogP contribution in [0.3, 0.4) is 0 Å². The van der Waals surface area contributed by atoms with Crippen LogP contribution in [0, 0.1) is 0 Å².